The number of aryl methyl sites for hydroxylation is 1. The zero-order chi connectivity index (χ0) is 20.5. The van der Waals surface area contributed by atoms with Crippen LogP contribution in [0.5, 0.6) is 0 Å². The number of nitrogens with zero attached hydrogens (tertiary/aromatic N) is 3. The van der Waals surface area contributed by atoms with Gasteiger partial charge in [-0.05, 0) is 49.2 Å². The Kier molecular flexibility index (Phi) is 4.97. The summed E-state index contributed by atoms with van der Waals surface area (Å²) in [6, 6.07) is 21.2. The van der Waals surface area contributed by atoms with E-state index in [2.05, 4.69) is 0 Å². The van der Waals surface area contributed by atoms with Gasteiger partial charge in [-0.3, -0.25) is 9.59 Å². The van der Waals surface area contributed by atoms with Gasteiger partial charge in [0, 0.05) is 37.6 Å². The molecule has 1 aliphatic heterocycles. The lowest BCUT2D eigenvalue weighted by Crippen LogP contribution is -2.47. The molecule has 2 aromatic carbocycles. The van der Waals surface area contributed by atoms with E-state index < -0.39 is 0 Å². The molecule has 29 heavy (non-hydrogen) atoms. The second-order valence-corrected chi connectivity index (χ2v) is 7.56. The van der Waals surface area contributed by atoms with Crippen molar-refractivity contribution in [1.29, 1.82) is 0 Å². The van der Waals surface area contributed by atoms with Crippen molar-refractivity contribution >= 4 is 23.2 Å². The quantitative estimate of drug-likeness (QED) is 0.661. The smallest absolute Gasteiger partial charge is 0.275 e. The third-order valence-corrected chi connectivity index (χ3v) is 5.63. The Morgan fingerprint density at radius 3 is 2.31 bits per heavy atom. The fourth-order valence-electron chi connectivity index (χ4n) is 4.31. The molecule has 1 aliphatic rings. The molecule has 148 valence electrons. The lowest BCUT2D eigenvalue weighted by Gasteiger charge is -2.43. The Hall–Kier alpha value is -3.34. The largest absolute Gasteiger partial charge is 0.347 e. The highest BCUT2D eigenvalue weighted by Crippen LogP contribution is 2.42. The summed E-state index contributed by atoms with van der Waals surface area (Å²) in [6.07, 6.45) is 2.55. The number of carbonyl (C=O) groups excluding carboxylic acids is 2. The summed E-state index contributed by atoms with van der Waals surface area (Å²) in [6.45, 7) is 3.65. The first-order valence-corrected chi connectivity index (χ1v) is 9.87. The summed E-state index contributed by atoms with van der Waals surface area (Å²) in [4.78, 5) is 29.7. The van der Waals surface area contributed by atoms with Gasteiger partial charge in [0.25, 0.3) is 5.91 Å². The van der Waals surface area contributed by atoms with E-state index in [1.165, 1.54) is 0 Å². The van der Waals surface area contributed by atoms with Gasteiger partial charge < -0.3 is 14.4 Å². The minimum Gasteiger partial charge on any atom is -0.347 e. The van der Waals surface area contributed by atoms with E-state index >= 15 is 0 Å². The SMILES string of the molecule is CC(=O)N(c1ccccc1)C1CC(C)N(C(=O)c2cccn2C)c2ccccc21. The number of para-hydroxylation sites is 2. The monoisotopic (exact) mass is 387 g/mol. The number of rotatable bonds is 3. The summed E-state index contributed by atoms with van der Waals surface area (Å²) < 4.78 is 1.84. The van der Waals surface area contributed by atoms with Gasteiger partial charge in [0.1, 0.15) is 5.69 Å². The maximum absolute atomic E-state index is 13.4. The molecule has 5 nitrogen and oxygen atoms in total. The van der Waals surface area contributed by atoms with Crippen LogP contribution >= 0.6 is 0 Å². The molecule has 3 aromatic rings. The second-order valence-electron chi connectivity index (χ2n) is 7.56. The molecule has 2 heterocycles. The molecular weight excluding hydrogens is 362 g/mol. The Bertz CT molecular complexity index is 1040. The molecule has 0 spiro atoms. The van der Waals surface area contributed by atoms with E-state index in [0.29, 0.717) is 12.1 Å². The first-order valence-electron chi connectivity index (χ1n) is 9.87. The van der Waals surface area contributed by atoms with Crippen LogP contribution in [0.25, 0.3) is 0 Å². The number of amides is 2. The predicted octanol–water partition coefficient (Wildman–Crippen LogP) is 4.56. The Labute approximate surface area is 171 Å². The summed E-state index contributed by atoms with van der Waals surface area (Å²) in [5, 5.41) is 0. The van der Waals surface area contributed by atoms with Crippen molar-refractivity contribution < 1.29 is 9.59 Å². The average molecular weight is 387 g/mol. The molecule has 0 saturated carbocycles. The van der Waals surface area contributed by atoms with Gasteiger partial charge in [0.05, 0.1) is 6.04 Å². The molecule has 0 N–H and O–H groups in total. The third-order valence-electron chi connectivity index (χ3n) is 5.63. The molecule has 5 heteroatoms. The molecule has 0 aliphatic carbocycles. The predicted molar refractivity (Wildman–Crippen MR) is 115 cm³/mol. The van der Waals surface area contributed by atoms with Gasteiger partial charge in [-0.1, -0.05) is 36.4 Å². The van der Waals surface area contributed by atoms with Crippen LogP contribution in [-0.4, -0.2) is 22.4 Å². The molecule has 0 saturated heterocycles. The average Bonchev–Trinajstić information content (AvgIpc) is 3.14. The van der Waals surface area contributed by atoms with Crippen molar-refractivity contribution in [2.24, 2.45) is 7.05 Å². The maximum Gasteiger partial charge on any atom is 0.275 e. The number of anilines is 2. The standard InChI is InChI=1S/C24H25N3O2/c1-17-16-23(27(18(2)28)19-10-5-4-6-11-19)20-12-7-8-13-21(20)26(17)24(29)22-14-9-15-25(22)3/h4-15,17,23H,16H2,1-3H3. The van der Waals surface area contributed by atoms with E-state index in [-0.39, 0.29) is 23.9 Å². The summed E-state index contributed by atoms with van der Waals surface area (Å²) >= 11 is 0. The van der Waals surface area contributed by atoms with Crippen LogP contribution in [-0.2, 0) is 11.8 Å². The van der Waals surface area contributed by atoms with Crippen LogP contribution in [0.3, 0.4) is 0 Å². The van der Waals surface area contributed by atoms with Gasteiger partial charge in [0.15, 0.2) is 0 Å². The first-order chi connectivity index (χ1) is 14.0. The van der Waals surface area contributed by atoms with E-state index in [1.807, 2.05) is 101 Å². The summed E-state index contributed by atoms with van der Waals surface area (Å²) in [5.74, 6) is -0.0320. The number of hydrogen-bond donors (Lipinski definition) is 0. The first kappa shape index (κ1) is 19.0. The molecule has 1 aromatic heterocycles. The zero-order valence-corrected chi connectivity index (χ0v) is 16.9. The van der Waals surface area contributed by atoms with Crippen molar-refractivity contribution in [3.05, 3.63) is 84.2 Å². The number of fused-ring (bicyclic) bond motifs is 1. The number of carbonyl (C=O) groups is 2. The van der Waals surface area contributed by atoms with Crippen LogP contribution in [0.15, 0.2) is 72.9 Å². The molecule has 0 fully saturated rings. The second kappa shape index (κ2) is 7.59. The molecule has 2 amide bonds. The van der Waals surface area contributed by atoms with Crippen molar-refractivity contribution in [2.75, 3.05) is 9.80 Å². The van der Waals surface area contributed by atoms with E-state index in [0.717, 1.165) is 16.9 Å². The van der Waals surface area contributed by atoms with Crippen molar-refractivity contribution in [2.45, 2.75) is 32.4 Å². The highest BCUT2D eigenvalue weighted by atomic mass is 16.2. The minimum absolute atomic E-state index is 0.00888. The summed E-state index contributed by atoms with van der Waals surface area (Å²) in [7, 11) is 1.88. The Balaban J connectivity index is 1.80. The molecule has 0 bridgehead atoms. The number of benzene rings is 2. The summed E-state index contributed by atoms with van der Waals surface area (Å²) in [5.41, 5.74) is 3.38. The normalized spacial score (nSPS) is 18.2. The van der Waals surface area contributed by atoms with Gasteiger partial charge in [-0.25, -0.2) is 0 Å². The van der Waals surface area contributed by atoms with Crippen LogP contribution in [0, 0.1) is 0 Å². The van der Waals surface area contributed by atoms with Gasteiger partial charge >= 0.3 is 0 Å². The fraction of sp³-hybridized carbons (Fsp3) is 0.250. The highest BCUT2D eigenvalue weighted by molar-refractivity contribution is 6.06. The molecule has 2 atom stereocenters. The minimum atomic E-state index is -0.126. The van der Waals surface area contributed by atoms with E-state index in [4.69, 9.17) is 0 Å². The lowest BCUT2D eigenvalue weighted by atomic mass is 9.89. The zero-order valence-electron chi connectivity index (χ0n) is 16.9. The van der Waals surface area contributed by atoms with Crippen molar-refractivity contribution in [1.82, 2.24) is 4.57 Å². The molecular formula is C24H25N3O2. The lowest BCUT2D eigenvalue weighted by molar-refractivity contribution is -0.117. The van der Waals surface area contributed by atoms with E-state index in [1.54, 1.807) is 6.92 Å². The van der Waals surface area contributed by atoms with Crippen LogP contribution in [0.2, 0.25) is 0 Å². The van der Waals surface area contributed by atoms with E-state index in [9.17, 15) is 9.59 Å². The number of hydrogen-bond acceptors (Lipinski definition) is 2. The fourth-order valence-corrected chi connectivity index (χ4v) is 4.31. The van der Waals surface area contributed by atoms with Gasteiger partial charge in [-0.15, -0.1) is 0 Å². The van der Waals surface area contributed by atoms with Gasteiger partial charge in [-0.2, -0.15) is 0 Å². The van der Waals surface area contributed by atoms with Crippen molar-refractivity contribution in [3.63, 3.8) is 0 Å². The van der Waals surface area contributed by atoms with Crippen molar-refractivity contribution in [3.8, 4) is 0 Å². The third kappa shape index (κ3) is 3.33. The molecule has 4 rings (SSSR count). The van der Waals surface area contributed by atoms with Gasteiger partial charge in [0.2, 0.25) is 5.91 Å². The number of aromatic nitrogens is 1. The highest BCUT2D eigenvalue weighted by Gasteiger charge is 2.38. The van der Waals surface area contributed by atoms with Crippen LogP contribution < -0.4 is 9.80 Å². The van der Waals surface area contributed by atoms with Crippen LogP contribution in [0.1, 0.15) is 42.4 Å². The Morgan fingerprint density at radius 2 is 1.66 bits per heavy atom. The topological polar surface area (TPSA) is 45.6 Å². The van der Waals surface area contributed by atoms with Crippen LogP contribution in [0.4, 0.5) is 11.4 Å². The molecule has 0 radical (unpaired) electrons. The Morgan fingerprint density at radius 1 is 0.966 bits per heavy atom. The molecule has 2 unspecified atom stereocenters. The maximum atomic E-state index is 13.4.